The number of rotatable bonds is 3. The van der Waals surface area contributed by atoms with Crippen molar-refractivity contribution in [2.75, 3.05) is 12.3 Å². The molecule has 1 unspecified atom stereocenters. The van der Waals surface area contributed by atoms with Crippen LogP contribution in [-0.4, -0.2) is 29.1 Å². The Bertz CT molecular complexity index is 188. The van der Waals surface area contributed by atoms with E-state index < -0.39 is 0 Å². The van der Waals surface area contributed by atoms with Gasteiger partial charge >= 0.3 is 0 Å². The molecule has 0 aliphatic carbocycles. The van der Waals surface area contributed by atoms with Crippen LogP contribution in [0.4, 0.5) is 0 Å². The predicted octanol–water partition coefficient (Wildman–Crippen LogP) is 3.46. The highest BCUT2D eigenvalue weighted by Gasteiger charge is 2.25. The average molecular weight is 199 g/mol. The summed E-state index contributed by atoms with van der Waals surface area (Å²) in [5, 5.41) is 0. The molecule has 76 valence electrons. The lowest BCUT2D eigenvalue weighted by atomic mass is 10.3. The van der Waals surface area contributed by atoms with Crippen molar-refractivity contribution in [1.82, 2.24) is 4.67 Å². The molecule has 0 fully saturated rings. The third-order valence-corrected chi connectivity index (χ3v) is 5.51. The van der Waals surface area contributed by atoms with E-state index >= 15 is 0 Å². The third kappa shape index (κ3) is 2.79. The Balaban J connectivity index is 2.57. The zero-order valence-electron chi connectivity index (χ0n) is 9.54. The summed E-state index contributed by atoms with van der Waals surface area (Å²) in [5.74, 6) is 0. The van der Waals surface area contributed by atoms with Crippen LogP contribution < -0.4 is 0 Å². The summed E-state index contributed by atoms with van der Waals surface area (Å²) in [7, 11) is 0.114. The lowest BCUT2D eigenvalue weighted by molar-refractivity contribution is 0.323. The van der Waals surface area contributed by atoms with E-state index in [1.807, 2.05) is 0 Å². The van der Waals surface area contributed by atoms with E-state index in [0.717, 1.165) is 0 Å². The van der Waals surface area contributed by atoms with E-state index in [9.17, 15) is 0 Å². The fourth-order valence-electron chi connectivity index (χ4n) is 2.10. The van der Waals surface area contributed by atoms with Gasteiger partial charge in [-0.25, -0.2) is 0 Å². The van der Waals surface area contributed by atoms with Crippen LogP contribution in [0.3, 0.4) is 0 Å². The number of hydrogen-bond donors (Lipinski definition) is 0. The smallest absolute Gasteiger partial charge is 0.00805 e. The van der Waals surface area contributed by atoms with Crippen LogP contribution in [0.1, 0.15) is 34.6 Å². The minimum atomic E-state index is 0.114. The lowest BCUT2D eigenvalue weighted by Crippen LogP contribution is -2.33. The van der Waals surface area contributed by atoms with Gasteiger partial charge in [0.2, 0.25) is 0 Å². The summed E-state index contributed by atoms with van der Waals surface area (Å²) in [6.45, 7) is 11.5. The van der Waals surface area contributed by atoms with Gasteiger partial charge in [0.05, 0.1) is 0 Å². The molecule has 2 heteroatoms. The zero-order valence-corrected chi connectivity index (χ0v) is 10.4. The largest absolute Gasteiger partial charge is 0.276 e. The summed E-state index contributed by atoms with van der Waals surface area (Å²) >= 11 is 0. The number of hydrogen-bond acceptors (Lipinski definition) is 1. The molecule has 0 saturated heterocycles. The fourth-order valence-corrected chi connectivity index (χ4v) is 5.12. The maximum atomic E-state index is 2.70. The highest BCUT2D eigenvalue weighted by molar-refractivity contribution is 7.56. The second-order valence-corrected chi connectivity index (χ2v) is 6.62. The molecular formula is C11H22NP. The zero-order chi connectivity index (χ0) is 10.0. The summed E-state index contributed by atoms with van der Waals surface area (Å²) in [4.78, 5) is 0. The number of nitrogens with zero attached hydrogens (tertiary/aromatic N) is 1. The van der Waals surface area contributed by atoms with Crippen molar-refractivity contribution >= 4 is 8.07 Å². The quantitative estimate of drug-likeness (QED) is 0.497. The molecule has 0 spiro atoms. The fraction of sp³-hybridized carbons (Fsp3) is 0.818. The van der Waals surface area contributed by atoms with Gasteiger partial charge in [0, 0.05) is 18.2 Å². The summed E-state index contributed by atoms with van der Waals surface area (Å²) in [5.41, 5.74) is 1.59. The molecule has 1 aliphatic rings. The monoisotopic (exact) mass is 199 g/mol. The first-order valence-corrected chi connectivity index (χ1v) is 6.87. The van der Waals surface area contributed by atoms with Crippen LogP contribution in [0, 0.1) is 0 Å². The van der Waals surface area contributed by atoms with Gasteiger partial charge in [0.15, 0.2) is 0 Å². The standard InChI is InChI=1S/C11H22NP/c1-9(2)12(10(3)4)13-7-6-11(5)8-13/h6,9-10H,7-8H2,1-5H3. The van der Waals surface area contributed by atoms with E-state index in [1.165, 1.54) is 12.3 Å². The Hall–Kier alpha value is 0.130. The topological polar surface area (TPSA) is 3.24 Å². The third-order valence-electron chi connectivity index (χ3n) is 2.47. The van der Waals surface area contributed by atoms with Crippen molar-refractivity contribution in [3.05, 3.63) is 11.6 Å². The van der Waals surface area contributed by atoms with Crippen molar-refractivity contribution in [1.29, 1.82) is 0 Å². The van der Waals surface area contributed by atoms with Crippen molar-refractivity contribution in [3.8, 4) is 0 Å². The van der Waals surface area contributed by atoms with Gasteiger partial charge in [0.1, 0.15) is 0 Å². The van der Waals surface area contributed by atoms with Gasteiger partial charge in [-0.05, 0) is 48.9 Å². The van der Waals surface area contributed by atoms with Gasteiger partial charge in [-0.1, -0.05) is 11.6 Å². The lowest BCUT2D eigenvalue weighted by Gasteiger charge is -2.36. The minimum absolute atomic E-state index is 0.114. The van der Waals surface area contributed by atoms with E-state index in [1.54, 1.807) is 5.57 Å². The highest BCUT2D eigenvalue weighted by atomic mass is 31.1. The molecule has 1 rings (SSSR count). The molecule has 1 atom stereocenters. The first kappa shape index (κ1) is 11.2. The summed E-state index contributed by atoms with van der Waals surface area (Å²) in [6.07, 6.45) is 5.08. The second-order valence-electron chi connectivity index (χ2n) is 4.47. The van der Waals surface area contributed by atoms with Gasteiger partial charge in [-0.2, -0.15) is 0 Å². The Kier molecular flexibility index (Phi) is 3.94. The maximum absolute atomic E-state index is 2.70. The van der Waals surface area contributed by atoms with E-state index in [0.29, 0.717) is 12.1 Å². The highest BCUT2D eigenvalue weighted by Crippen LogP contribution is 2.48. The molecule has 0 bridgehead atoms. The normalized spacial score (nSPS) is 23.4. The summed E-state index contributed by atoms with van der Waals surface area (Å²) < 4.78 is 2.70. The molecule has 0 aromatic heterocycles. The summed E-state index contributed by atoms with van der Waals surface area (Å²) in [6, 6.07) is 1.40. The molecule has 1 heterocycles. The van der Waals surface area contributed by atoms with Gasteiger partial charge < -0.3 is 0 Å². The van der Waals surface area contributed by atoms with Crippen molar-refractivity contribution in [2.24, 2.45) is 0 Å². The van der Waals surface area contributed by atoms with E-state index in [4.69, 9.17) is 0 Å². The first-order valence-electron chi connectivity index (χ1n) is 5.21. The molecular weight excluding hydrogens is 177 g/mol. The number of allylic oxidation sites excluding steroid dienone is 2. The molecule has 0 aromatic carbocycles. The molecule has 0 N–H and O–H groups in total. The van der Waals surface area contributed by atoms with Gasteiger partial charge in [-0.15, -0.1) is 0 Å². The SMILES string of the molecule is CC1=CCP(N(C(C)C)C(C)C)C1. The molecule has 0 amide bonds. The van der Waals surface area contributed by atoms with Crippen molar-refractivity contribution in [3.63, 3.8) is 0 Å². The van der Waals surface area contributed by atoms with E-state index in [2.05, 4.69) is 45.4 Å². The van der Waals surface area contributed by atoms with Crippen LogP contribution in [-0.2, 0) is 0 Å². The van der Waals surface area contributed by atoms with Crippen molar-refractivity contribution in [2.45, 2.75) is 46.7 Å². The Morgan fingerprint density at radius 1 is 1.23 bits per heavy atom. The first-order chi connectivity index (χ1) is 6.02. The van der Waals surface area contributed by atoms with Crippen LogP contribution in [0.25, 0.3) is 0 Å². The van der Waals surface area contributed by atoms with Crippen LogP contribution in [0.5, 0.6) is 0 Å². The molecule has 1 nitrogen and oxygen atoms in total. The van der Waals surface area contributed by atoms with Crippen LogP contribution in [0.2, 0.25) is 0 Å². The van der Waals surface area contributed by atoms with Gasteiger partial charge in [-0.3, -0.25) is 4.67 Å². The van der Waals surface area contributed by atoms with E-state index in [-0.39, 0.29) is 8.07 Å². The average Bonchev–Trinajstić information content (AvgIpc) is 2.34. The molecule has 0 saturated carbocycles. The molecule has 0 aromatic rings. The van der Waals surface area contributed by atoms with Crippen LogP contribution in [0.15, 0.2) is 11.6 Å². The molecule has 1 aliphatic heterocycles. The van der Waals surface area contributed by atoms with Crippen molar-refractivity contribution < 1.29 is 0 Å². The Morgan fingerprint density at radius 3 is 2.08 bits per heavy atom. The molecule has 13 heavy (non-hydrogen) atoms. The second kappa shape index (κ2) is 4.57. The predicted molar refractivity (Wildman–Crippen MR) is 62.5 cm³/mol. The molecule has 0 radical (unpaired) electrons. The maximum Gasteiger partial charge on any atom is 0.00805 e. The van der Waals surface area contributed by atoms with Gasteiger partial charge in [0.25, 0.3) is 0 Å². The Labute approximate surface area is 84.0 Å². The minimum Gasteiger partial charge on any atom is -0.276 e. The Morgan fingerprint density at radius 2 is 1.77 bits per heavy atom. The van der Waals surface area contributed by atoms with Crippen LogP contribution >= 0.6 is 8.07 Å².